The molecule has 0 atom stereocenters. The second-order valence-electron chi connectivity index (χ2n) is 5.18. The normalized spacial score (nSPS) is 13.9. The van der Waals surface area contributed by atoms with Crippen LogP contribution in [0.2, 0.25) is 0 Å². The number of rotatable bonds is 5. The zero-order valence-corrected chi connectivity index (χ0v) is 12.5. The number of allylic oxidation sites excluding steroid dienone is 2. The SMILES string of the molecule is COC(=O)CCCC1=C(C)c2ccc(OC)cc2CC1. The lowest BCUT2D eigenvalue weighted by atomic mass is 9.84. The molecule has 3 nitrogen and oxygen atoms in total. The summed E-state index contributed by atoms with van der Waals surface area (Å²) in [7, 11) is 3.14. The van der Waals surface area contributed by atoms with E-state index < -0.39 is 0 Å². The fraction of sp³-hybridized carbons (Fsp3) is 0.471. The van der Waals surface area contributed by atoms with E-state index in [1.807, 2.05) is 6.07 Å². The quantitative estimate of drug-likeness (QED) is 0.767. The van der Waals surface area contributed by atoms with Gasteiger partial charge in [0.25, 0.3) is 0 Å². The minimum absolute atomic E-state index is 0.121. The van der Waals surface area contributed by atoms with Crippen LogP contribution in [0.5, 0.6) is 5.75 Å². The summed E-state index contributed by atoms with van der Waals surface area (Å²) in [5.41, 5.74) is 5.51. The van der Waals surface area contributed by atoms with Crippen molar-refractivity contribution in [3.8, 4) is 5.75 Å². The van der Waals surface area contributed by atoms with Crippen molar-refractivity contribution < 1.29 is 14.3 Å². The van der Waals surface area contributed by atoms with Crippen molar-refractivity contribution in [2.45, 2.75) is 39.0 Å². The summed E-state index contributed by atoms with van der Waals surface area (Å²) in [6.45, 7) is 2.18. The highest BCUT2D eigenvalue weighted by Crippen LogP contribution is 2.35. The van der Waals surface area contributed by atoms with Gasteiger partial charge in [-0.1, -0.05) is 11.6 Å². The number of aryl methyl sites for hydroxylation is 1. The van der Waals surface area contributed by atoms with Crippen LogP contribution in [0.15, 0.2) is 23.8 Å². The molecule has 1 aromatic carbocycles. The fourth-order valence-corrected chi connectivity index (χ4v) is 2.79. The fourth-order valence-electron chi connectivity index (χ4n) is 2.79. The Hall–Kier alpha value is -1.77. The van der Waals surface area contributed by atoms with Crippen LogP contribution in [0.25, 0.3) is 5.57 Å². The number of esters is 1. The van der Waals surface area contributed by atoms with Gasteiger partial charge in [-0.05, 0) is 61.4 Å². The molecule has 0 bridgehead atoms. The first-order valence-corrected chi connectivity index (χ1v) is 7.08. The van der Waals surface area contributed by atoms with Crippen LogP contribution in [-0.2, 0) is 16.0 Å². The number of benzene rings is 1. The zero-order chi connectivity index (χ0) is 14.5. The molecule has 0 spiro atoms. The highest BCUT2D eigenvalue weighted by Gasteiger charge is 2.16. The topological polar surface area (TPSA) is 35.5 Å². The van der Waals surface area contributed by atoms with Gasteiger partial charge >= 0.3 is 5.97 Å². The first kappa shape index (κ1) is 14.6. The Kier molecular flexibility index (Phi) is 4.83. The van der Waals surface area contributed by atoms with Gasteiger partial charge in [0.05, 0.1) is 14.2 Å². The molecule has 0 saturated heterocycles. The molecule has 1 aliphatic carbocycles. The van der Waals surface area contributed by atoms with E-state index in [4.69, 9.17) is 4.74 Å². The van der Waals surface area contributed by atoms with Crippen molar-refractivity contribution in [3.05, 3.63) is 34.9 Å². The van der Waals surface area contributed by atoms with Gasteiger partial charge in [0.2, 0.25) is 0 Å². The number of ether oxygens (including phenoxy) is 2. The minimum atomic E-state index is -0.121. The maximum Gasteiger partial charge on any atom is 0.305 e. The Balaban J connectivity index is 2.09. The lowest BCUT2D eigenvalue weighted by Crippen LogP contribution is -2.05. The smallest absolute Gasteiger partial charge is 0.305 e. The molecule has 1 aromatic rings. The van der Waals surface area contributed by atoms with Gasteiger partial charge in [-0.3, -0.25) is 4.79 Å². The molecule has 0 unspecified atom stereocenters. The maximum atomic E-state index is 11.2. The summed E-state index contributed by atoms with van der Waals surface area (Å²) in [5, 5.41) is 0. The second kappa shape index (κ2) is 6.60. The van der Waals surface area contributed by atoms with E-state index in [2.05, 4.69) is 23.8 Å². The van der Waals surface area contributed by atoms with Crippen LogP contribution >= 0.6 is 0 Å². The molecule has 20 heavy (non-hydrogen) atoms. The number of hydrogen-bond acceptors (Lipinski definition) is 3. The molecule has 0 amide bonds. The van der Waals surface area contributed by atoms with Gasteiger partial charge in [0.1, 0.15) is 5.75 Å². The average molecular weight is 274 g/mol. The minimum Gasteiger partial charge on any atom is -0.497 e. The third kappa shape index (κ3) is 3.21. The van der Waals surface area contributed by atoms with E-state index in [0.717, 1.165) is 31.4 Å². The summed E-state index contributed by atoms with van der Waals surface area (Å²) < 4.78 is 9.96. The molecule has 0 radical (unpaired) electrons. The van der Waals surface area contributed by atoms with E-state index in [0.29, 0.717) is 6.42 Å². The van der Waals surface area contributed by atoms with Crippen LogP contribution in [-0.4, -0.2) is 20.2 Å². The van der Waals surface area contributed by atoms with Crippen molar-refractivity contribution >= 4 is 11.5 Å². The zero-order valence-electron chi connectivity index (χ0n) is 12.5. The van der Waals surface area contributed by atoms with Crippen molar-refractivity contribution in [2.75, 3.05) is 14.2 Å². The molecule has 3 heteroatoms. The molecule has 0 fully saturated rings. The Labute approximate surface area is 120 Å². The van der Waals surface area contributed by atoms with E-state index >= 15 is 0 Å². The van der Waals surface area contributed by atoms with Crippen LogP contribution in [0.1, 0.15) is 43.7 Å². The monoisotopic (exact) mass is 274 g/mol. The van der Waals surface area contributed by atoms with Crippen molar-refractivity contribution in [3.63, 3.8) is 0 Å². The summed E-state index contributed by atoms with van der Waals surface area (Å²) in [6.07, 6.45) is 4.48. The highest BCUT2D eigenvalue weighted by molar-refractivity contribution is 5.72. The van der Waals surface area contributed by atoms with Gasteiger partial charge in [0.15, 0.2) is 0 Å². The molecule has 0 aliphatic heterocycles. The van der Waals surface area contributed by atoms with Crippen molar-refractivity contribution in [1.82, 2.24) is 0 Å². The van der Waals surface area contributed by atoms with E-state index in [1.54, 1.807) is 7.11 Å². The Morgan fingerprint density at radius 2 is 2.05 bits per heavy atom. The third-order valence-corrected chi connectivity index (χ3v) is 4.03. The maximum absolute atomic E-state index is 11.2. The number of methoxy groups -OCH3 is 2. The van der Waals surface area contributed by atoms with E-state index in [1.165, 1.54) is 29.4 Å². The van der Waals surface area contributed by atoms with Gasteiger partial charge in [0, 0.05) is 6.42 Å². The van der Waals surface area contributed by atoms with Gasteiger partial charge in [-0.25, -0.2) is 0 Å². The Morgan fingerprint density at radius 1 is 1.25 bits per heavy atom. The highest BCUT2D eigenvalue weighted by atomic mass is 16.5. The molecule has 0 N–H and O–H groups in total. The van der Waals surface area contributed by atoms with Crippen molar-refractivity contribution in [1.29, 1.82) is 0 Å². The Bertz CT molecular complexity index is 529. The molecule has 2 rings (SSSR count). The molecular formula is C17H22O3. The second-order valence-corrected chi connectivity index (χ2v) is 5.18. The van der Waals surface area contributed by atoms with Gasteiger partial charge in [-0.15, -0.1) is 0 Å². The summed E-state index contributed by atoms with van der Waals surface area (Å²) >= 11 is 0. The van der Waals surface area contributed by atoms with Gasteiger partial charge in [-0.2, -0.15) is 0 Å². The third-order valence-electron chi connectivity index (χ3n) is 4.03. The summed E-state index contributed by atoms with van der Waals surface area (Å²) in [6, 6.07) is 6.28. The van der Waals surface area contributed by atoms with E-state index in [9.17, 15) is 4.79 Å². The van der Waals surface area contributed by atoms with Crippen LogP contribution < -0.4 is 4.74 Å². The molecule has 1 aliphatic rings. The van der Waals surface area contributed by atoms with Crippen LogP contribution in [0, 0.1) is 0 Å². The molecule has 0 aromatic heterocycles. The standard InChI is InChI=1S/C17H22O3/c1-12-13(5-4-6-17(18)20-3)7-8-14-11-15(19-2)9-10-16(12)14/h9-11H,4-8H2,1-3H3. The Morgan fingerprint density at radius 3 is 2.75 bits per heavy atom. The average Bonchev–Trinajstić information content (AvgIpc) is 2.48. The van der Waals surface area contributed by atoms with Crippen molar-refractivity contribution in [2.24, 2.45) is 0 Å². The van der Waals surface area contributed by atoms with Crippen LogP contribution in [0.3, 0.4) is 0 Å². The molecule has 0 heterocycles. The predicted octanol–water partition coefficient (Wildman–Crippen LogP) is 3.76. The number of hydrogen-bond donors (Lipinski definition) is 0. The lowest BCUT2D eigenvalue weighted by Gasteiger charge is -2.22. The molecule has 0 saturated carbocycles. The predicted molar refractivity (Wildman–Crippen MR) is 79.8 cm³/mol. The summed E-state index contributed by atoms with van der Waals surface area (Å²) in [5.74, 6) is 0.801. The first-order valence-electron chi connectivity index (χ1n) is 7.08. The van der Waals surface area contributed by atoms with Gasteiger partial charge < -0.3 is 9.47 Å². The number of carbonyl (C=O) groups excluding carboxylic acids is 1. The number of carbonyl (C=O) groups is 1. The lowest BCUT2D eigenvalue weighted by molar-refractivity contribution is -0.140. The molecule has 108 valence electrons. The molecular weight excluding hydrogens is 252 g/mol. The first-order chi connectivity index (χ1) is 9.65. The summed E-state index contributed by atoms with van der Waals surface area (Å²) in [4.78, 5) is 11.2. The van der Waals surface area contributed by atoms with Crippen LogP contribution in [0.4, 0.5) is 0 Å². The number of fused-ring (bicyclic) bond motifs is 1. The largest absolute Gasteiger partial charge is 0.497 e. The van der Waals surface area contributed by atoms with E-state index in [-0.39, 0.29) is 5.97 Å².